The number of hydrogen-bond donors (Lipinski definition) is 0. The largest absolute Gasteiger partial charge is 0.412 e. The van der Waals surface area contributed by atoms with E-state index in [-0.39, 0.29) is 5.48 Å². The number of aromatic nitrogens is 4. The van der Waals surface area contributed by atoms with Gasteiger partial charge in [-0.1, -0.05) is 43.7 Å². The number of aryl methyl sites for hydroxylation is 2. The van der Waals surface area contributed by atoms with Crippen molar-refractivity contribution in [2.24, 2.45) is 0 Å². The predicted octanol–water partition coefficient (Wildman–Crippen LogP) is 3.52. The molecule has 0 saturated carbocycles. The molecule has 27 heavy (non-hydrogen) atoms. The molecule has 0 aliphatic carbocycles. The van der Waals surface area contributed by atoms with Gasteiger partial charge in [0.2, 0.25) is 0 Å². The van der Waals surface area contributed by atoms with Crippen LogP contribution in [0.25, 0.3) is 5.78 Å². The van der Waals surface area contributed by atoms with Crippen LogP contribution in [0.5, 0.6) is 0 Å². The second-order valence-electron chi connectivity index (χ2n) is 6.68. The van der Waals surface area contributed by atoms with Crippen molar-refractivity contribution in [2.45, 2.75) is 53.4 Å². The zero-order chi connectivity index (χ0) is 18.5. The summed E-state index contributed by atoms with van der Waals surface area (Å²) in [6, 6.07) is 8.76. The third kappa shape index (κ3) is 4.45. The number of anilines is 1. The van der Waals surface area contributed by atoms with Crippen molar-refractivity contribution in [1.29, 1.82) is 0 Å². The fraction of sp³-hybridized carbons (Fsp3) is 0.476. The Balaban J connectivity index is 0.000000844. The van der Waals surface area contributed by atoms with Crippen molar-refractivity contribution in [1.82, 2.24) is 19.6 Å². The maximum absolute atomic E-state index is 4.67. The number of benzene rings is 1. The van der Waals surface area contributed by atoms with E-state index in [2.05, 4.69) is 58.1 Å². The molecule has 1 fully saturated rings. The molecule has 1 saturated heterocycles. The van der Waals surface area contributed by atoms with Crippen LogP contribution in [0.2, 0.25) is 0 Å². The van der Waals surface area contributed by atoms with E-state index < -0.39 is 0 Å². The van der Waals surface area contributed by atoms with Gasteiger partial charge in [0.15, 0.2) is 0 Å². The van der Waals surface area contributed by atoms with Crippen molar-refractivity contribution in [3.05, 3.63) is 53.0 Å². The van der Waals surface area contributed by atoms with E-state index in [0.29, 0.717) is 5.78 Å². The van der Waals surface area contributed by atoms with Crippen LogP contribution in [0, 0.1) is 13.8 Å². The first kappa shape index (κ1) is 20.8. The van der Waals surface area contributed by atoms with E-state index >= 15 is 0 Å². The van der Waals surface area contributed by atoms with Crippen molar-refractivity contribution in [2.75, 3.05) is 18.0 Å². The fourth-order valence-corrected chi connectivity index (χ4v) is 3.52. The SMILES string of the molecule is CC.Cc1ccc(Cc2c(C)nc3ncnn3c2N2CCCCC2)cc1.O. The third-order valence-corrected chi connectivity index (χ3v) is 4.86. The highest BCUT2D eigenvalue weighted by Crippen LogP contribution is 2.28. The van der Waals surface area contributed by atoms with Gasteiger partial charge in [0, 0.05) is 30.8 Å². The quantitative estimate of drug-likeness (QED) is 0.707. The zero-order valence-electron chi connectivity index (χ0n) is 16.9. The van der Waals surface area contributed by atoms with Gasteiger partial charge >= 0.3 is 0 Å². The number of hydrogen-bond acceptors (Lipinski definition) is 4. The Kier molecular flexibility index (Phi) is 7.30. The first-order valence-corrected chi connectivity index (χ1v) is 9.72. The van der Waals surface area contributed by atoms with Gasteiger partial charge in [-0.25, -0.2) is 4.98 Å². The van der Waals surface area contributed by atoms with E-state index in [1.165, 1.54) is 41.8 Å². The molecular weight excluding hydrogens is 338 g/mol. The maximum atomic E-state index is 4.67. The molecule has 2 aromatic heterocycles. The van der Waals surface area contributed by atoms with Crippen molar-refractivity contribution >= 4 is 11.6 Å². The first-order chi connectivity index (χ1) is 12.7. The van der Waals surface area contributed by atoms with E-state index in [9.17, 15) is 0 Å². The molecule has 3 aromatic rings. The molecule has 0 atom stereocenters. The summed E-state index contributed by atoms with van der Waals surface area (Å²) in [6.07, 6.45) is 6.27. The normalized spacial score (nSPS) is 13.7. The topological polar surface area (TPSA) is 77.8 Å². The zero-order valence-corrected chi connectivity index (χ0v) is 16.9. The van der Waals surface area contributed by atoms with Gasteiger partial charge in [-0.2, -0.15) is 14.6 Å². The Morgan fingerprint density at radius 2 is 1.63 bits per heavy atom. The Hall–Kier alpha value is -2.47. The minimum Gasteiger partial charge on any atom is -0.412 e. The molecule has 6 heteroatoms. The Bertz CT molecular complexity index is 851. The minimum absolute atomic E-state index is 0. The lowest BCUT2D eigenvalue weighted by molar-refractivity contribution is 0.566. The average Bonchev–Trinajstić information content (AvgIpc) is 3.14. The minimum atomic E-state index is 0. The fourth-order valence-electron chi connectivity index (χ4n) is 3.52. The third-order valence-electron chi connectivity index (χ3n) is 4.86. The molecule has 1 aliphatic rings. The smallest absolute Gasteiger partial charge is 0.254 e. The molecule has 0 amide bonds. The van der Waals surface area contributed by atoms with Crippen LogP contribution in [0.3, 0.4) is 0 Å². The van der Waals surface area contributed by atoms with E-state index in [4.69, 9.17) is 0 Å². The molecule has 1 aromatic carbocycles. The number of rotatable bonds is 3. The van der Waals surface area contributed by atoms with Gasteiger partial charge in [0.05, 0.1) is 0 Å². The summed E-state index contributed by atoms with van der Waals surface area (Å²) in [7, 11) is 0. The maximum Gasteiger partial charge on any atom is 0.254 e. The molecular formula is C21H31N5O. The first-order valence-electron chi connectivity index (χ1n) is 9.72. The highest BCUT2D eigenvalue weighted by Gasteiger charge is 2.21. The summed E-state index contributed by atoms with van der Waals surface area (Å²) in [6.45, 7) is 10.4. The Morgan fingerprint density at radius 1 is 0.963 bits per heavy atom. The monoisotopic (exact) mass is 369 g/mol. The predicted molar refractivity (Wildman–Crippen MR) is 111 cm³/mol. The van der Waals surface area contributed by atoms with Gasteiger partial charge < -0.3 is 10.4 Å². The van der Waals surface area contributed by atoms with Crippen molar-refractivity contribution in [3.8, 4) is 0 Å². The lowest BCUT2D eigenvalue weighted by Crippen LogP contribution is -2.32. The van der Waals surface area contributed by atoms with Gasteiger partial charge in [0.1, 0.15) is 12.1 Å². The summed E-state index contributed by atoms with van der Waals surface area (Å²) in [5.74, 6) is 1.87. The number of fused-ring (bicyclic) bond motifs is 1. The van der Waals surface area contributed by atoms with Crippen LogP contribution >= 0.6 is 0 Å². The molecule has 1 aliphatic heterocycles. The molecule has 0 unspecified atom stereocenters. The van der Waals surface area contributed by atoms with Crippen LogP contribution in [-0.4, -0.2) is 38.1 Å². The van der Waals surface area contributed by atoms with Gasteiger partial charge in [-0.05, 0) is 38.7 Å². The summed E-state index contributed by atoms with van der Waals surface area (Å²) < 4.78 is 1.92. The van der Waals surface area contributed by atoms with E-state index in [1.807, 2.05) is 18.4 Å². The molecule has 146 valence electrons. The van der Waals surface area contributed by atoms with Crippen LogP contribution in [0.4, 0.5) is 5.82 Å². The van der Waals surface area contributed by atoms with Gasteiger partial charge in [-0.3, -0.25) is 0 Å². The van der Waals surface area contributed by atoms with Crippen molar-refractivity contribution < 1.29 is 5.48 Å². The van der Waals surface area contributed by atoms with Gasteiger partial charge in [0.25, 0.3) is 5.78 Å². The van der Waals surface area contributed by atoms with E-state index in [1.54, 1.807) is 6.33 Å². The molecule has 4 rings (SSSR count). The summed E-state index contributed by atoms with van der Waals surface area (Å²) in [5.41, 5.74) is 4.91. The molecule has 3 heterocycles. The molecule has 0 spiro atoms. The van der Waals surface area contributed by atoms with Crippen LogP contribution < -0.4 is 4.90 Å². The summed E-state index contributed by atoms with van der Waals surface area (Å²) >= 11 is 0. The van der Waals surface area contributed by atoms with Crippen molar-refractivity contribution in [3.63, 3.8) is 0 Å². The highest BCUT2D eigenvalue weighted by atomic mass is 16.0. The second kappa shape index (κ2) is 9.46. The highest BCUT2D eigenvalue weighted by molar-refractivity contribution is 5.56. The van der Waals surface area contributed by atoms with E-state index in [0.717, 1.165) is 25.2 Å². The van der Waals surface area contributed by atoms with Gasteiger partial charge in [-0.15, -0.1) is 0 Å². The summed E-state index contributed by atoms with van der Waals surface area (Å²) in [4.78, 5) is 11.4. The lowest BCUT2D eigenvalue weighted by Gasteiger charge is -2.31. The second-order valence-corrected chi connectivity index (χ2v) is 6.68. The molecule has 6 nitrogen and oxygen atoms in total. The standard InChI is InChI=1S/C19H23N5.C2H6.H2O/c1-14-6-8-16(9-7-14)12-17-15(2)22-19-20-13-21-24(19)18(17)23-10-4-3-5-11-23;1-2;/h6-9,13H,3-5,10-12H2,1-2H3;1-2H3;1H2. The number of piperidine rings is 1. The molecule has 2 N–H and O–H groups in total. The van der Waals surface area contributed by atoms with Crippen LogP contribution in [0.1, 0.15) is 55.5 Å². The van der Waals surface area contributed by atoms with Crippen LogP contribution in [-0.2, 0) is 6.42 Å². The average molecular weight is 370 g/mol. The van der Waals surface area contributed by atoms with Crippen LogP contribution in [0.15, 0.2) is 30.6 Å². The number of nitrogens with zero attached hydrogens (tertiary/aromatic N) is 5. The Labute approximate surface area is 161 Å². The summed E-state index contributed by atoms with van der Waals surface area (Å²) in [5, 5.41) is 4.45. The molecule has 0 bridgehead atoms. The Morgan fingerprint density at radius 3 is 2.30 bits per heavy atom. The molecule has 0 radical (unpaired) electrons. The lowest BCUT2D eigenvalue weighted by atomic mass is 10.0.